The van der Waals surface area contributed by atoms with Crippen molar-refractivity contribution in [2.24, 2.45) is 0 Å². The Hall–Kier alpha value is -2.95. The van der Waals surface area contributed by atoms with Crippen LogP contribution in [0.5, 0.6) is 5.75 Å². The number of carbonyl (C=O) groups excluding carboxylic acids is 1. The van der Waals surface area contributed by atoms with Gasteiger partial charge in [0.2, 0.25) is 0 Å². The Balaban J connectivity index is 2.10. The molecule has 0 saturated heterocycles. The number of ether oxygens (including phenoxy) is 1. The van der Waals surface area contributed by atoms with E-state index >= 15 is 0 Å². The highest BCUT2D eigenvalue weighted by molar-refractivity contribution is 6.02. The summed E-state index contributed by atoms with van der Waals surface area (Å²) in [7, 11) is 0. The Bertz CT molecular complexity index is 901. The first-order valence-corrected chi connectivity index (χ1v) is 7.48. The zero-order valence-electron chi connectivity index (χ0n) is 12.7. The molecule has 1 aromatic heterocycles. The molecule has 0 bridgehead atoms. The Morgan fingerprint density at radius 2 is 1.70 bits per heavy atom. The summed E-state index contributed by atoms with van der Waals surface area (Å²) in [5.41, 5.74) is -0.0452. The number of aromatic nitrogens is 2. The van der Waals surface area contributed by atoms with E-state index in [1.165, 1.54) is 4.68 Å². The average Bonchev–Trinajstić information content (AvgIpc) is 2.58. The molecule has 116 valence electrons. The third kappa shape index (κ3) is 2.99. The van der Waals surface area contributed by atoms with E-state index in [9.17, 15) is 9.59 Å². The van der Waals surface area contributed by atoms with Crippen LogP contribution in [0.3, 0.4) is 0 Å². The maximum absolute atomic E-state index is 12.5. The van der Waals surface area contributed by atoms with Crippen LogP contribution in [0.15, 0.2) is 59.4 Å². The fourth-order valence-corrected chi connectivity index (χ4v) is 2.39. The van der Waals surface area contributed by atoms with Gasteiger partial charge in [-0.2, -0.15) is 5.10 Å². The largest absolute Gasteiger partial charge is 0.422 e. The summed E-state index contributed by atoms with van der Waals surface area (Å²) in [6.07, 6.45) is 0.748. The van der Waals surface area contributed by atoms with Crippen molar-refractivity contribution in [2.45, 2.75) is 19.9 Å². The maximum atomic E-state index is 12.5. The third-order valence-electron chi connectivity index (χ3n) is 3.45. The van der Waals surface area contributed by atoms with Gasteiger partial charge < -0.3 is 4.74 Å². The Morgan fingerprint density at radius 3 is 2.39 bits per heavy atom. The van der Waals surface area contributed by atoms with Gasteiger partial charge >= 0.3 is 5.97 Å². The molecule has 0 N–H and O–H groups in total. The van der Waals surface area contributed by atoms with Gasteiger partial charge in [0.1, 0.15) is 5.75 Å². The topological polar surface area (TPSA) is 61.2 Å². The van der Waals surface area contributed by atoms with Crippen molar-refractivity contribution in [3.63, 3.8) is 0 Å². The van der Waals surface area contributed by atoms with E-state index in [0.717, 1.165) is 6.42 Å². The molecule has 0 unspecified atom stereocenters. The molecule has 5 nitrogen and oxygen atoms in total. The summed E-state index contributed by atoms with van der Waals surface area (Å²) in [5.74, 6) is -0.131. The zero-order valence-corrected chi connectivity index (χ0v) is 12.7. The molecular weight excluding hydrogens is 292 g/mol. The summed E-state index contributed by atoms with van der Waals surface area (Å²) in [4.78, 5) is 24.9. The molecule has 0 radical (unpaired) electrons. The number of esters is 1. The molecule has 0 aliphatic heterocycles. The van der Waals surface area contributed by atoms with Crippen LogP contribution in [0.2, 0.25) is 0 Å². The minimum absolute atomic E-state index is 0.150. The van der Waals surface area contributed by atoms with Crippen molar-refractivity contribution in [1.82, 2.24) is 9.78 Å². The van der Waals surface area contributed by atoms with Crippen LogP contribution in [0.4, 0.5) is 0 Å². The summed E-state index contributed by atoms with van der Waals surface area (Å²) >= 11 is 0. The van der Waals surface area contributed by atoms with Crippen LogP contribution in [0.1, 0.15) is 23.8 Å². The SMILES string of the molecule is CCCn1nc(C(=O)Oc2ccccc2)c2ccccc2c1=O. The number of hydrogen-bond donors (Lipinski definition) is 0. The molecule has 0 spiro atoms. The highest BCUT2D eigenvalue weighted by atomic mass is 16.5. The predicted octanol–water partition coefficient (Wildman–Crippen LogP) is 3.03. The standard InChI is InChI=1S/C18H16N2O3/c1-2-12-20-17(21)15-11-7-6-10-14(15)16(19-20)18(22)23-13-8-4-3-5-9-13/h3-11H,2,12H2,1H3. The van der Waals surface area contributed by atoms with Crippen molar-refractivity contribution in [3.8, 4) is 5.75 Å². The number of para-hydroxylation sites is 1. The van der Waals surface area contributed by atoms with Gasteiger partial charge in [0.15, 0.2) is 5.69 Å². The summed E-state index contributed by atoms with van der Waals surface area (Å²) in [6, 6.07) is 15.8. The first kappa shape index (κ1) is 15.0. The molecule has 0 fully saturated rings. The lowest BCUT2D eigenvalue weighted by Crippen LogP contribution is -2.27. The second kappa shape index (κ2) is 6.44. The molecular formula is C18H16N2O3. The lowest BCUT2D eigenvalue weighted by atomic mass is 10.1. The molecule has 0 atom stereocenters. The molecule has 1 heterocycles. The van der Waals surface area contributed by atoms with E-state index in [-0.39, 0.29) is 11.3 Å². The zero-order chi connectivity index (χ0) is 16.2. The normalized spacial score (nSPS) is 10.7. The van der Waals surface area contributed by atoms with Gasteiger partial charge in [-0.3, -0.25) is 4.79 Å². The Kier molecular flexibility index (Phi) is 4.19. The quantitative estimate of drug-likeness (QED) is 0.549. The smallest absolute Gasteiger partial charge is 0.364 e. The lowest BCUT2D eigenvalue weighted by molar-refractivity contribution is 0.0728. The van der Waals surface area contributed by atoms with Crippen LogP contribution in [0, 0.1) is 0 Å². The molecule has 0 aliphatic rings. The second-order valence-corrected chi connectivity index (χ2v) is 5.13. The number of hydrogen-bond acceptors (Lipinski definition) is 4. The molecule has 23 heavy (non-hydrogen) atoms. The Morgan fingerprint density at radius 1 is 1.04 bits per heavy atom. The number of benzene rings is 2. The van der Waals surface area contributed by atoms with Gasteiger partial charge in [0, 0.05) is 11.9 Å². The van der Waals surface area contributed by atoms with Crippen LogP contribution in [-0.4, -0.2) is 15.7 Å². The number of fused-ring (bicyclic) bond motifs is 1. The minimum Gasteiger partial charge on any atom is -0.422 e. The molecule has 0 amide bonds. The van der Waals surface area contributed by atoms with Crippen molar-refractivity contribution in [2.75, 3.05) is 0 Å². The maximum Gasteiger partial charge on any atom is 0.364 e. The van der Waals surface area contributed by atoms with E-state index in [2.05, 4.69) is 5.10 Å². The number of carbonyl (C=O) groups is 1. The van der Waals surface area contributed by atoms with Crippen LogP contribution >= 0.6 is 0 Å². The van der Waals surface area contributed by atoms with Gasteiger partial charge in [-0.1, -0.05) is 43.3 Å². The molecule has 5 heteroatoms. The van der Waals surface area contributed by atoms with Crippen molar-refractivity contribution >= 4 is 16.7 Å². The molecule has 3 rings (SSSR count). The lowest BCUT2D eigenvalue weighted by Gasteiger charge is -2.10. The van der Waals surface area contributed by atoms with Gasteiger partial charge in [0.25, 0.3) is 5.56 Å². The van der Waals surface area contributed by atoms with Gasteiger partial charge in [-0.05, 0) is 24.6 Å². The number of aryl methyl sites for hydroxylation is 1. The first-order chi connectivity index (χ1) is 11.2. The molecule has 2 aromatic carbocycles. The fourth-order valence-electron chi connectivity index (χ4n) is 2.39. The predicted molar refractivity (Wildman–Crippen MR) is 87.7 cm³/mol. The van der Waals surface area contributed by atoms with E-state index in [4.69, 9.17) is 4.74 Å². The van der Waals surface area contributed by atoms with Crippen molar-refractivity contribution < 1.29 is 9.53 Å². The van der Waals surface area contributed by atoms with Crippen LogP contribution in [0.25, 0.3) is 10.8 Å². The molecule has 0 saturated carbocycles. The van der Waals surface area contributed by atoms with Gasteiger partial charge in [-0.15, -0.1) is 0 Å². The Labute approximate surface area is 133 Å². The van der Waals surface area contributed by atoms with E-state index < -0.39 is 5.97 Å². The summed E-state index contributed by atoms with van der Waals surface area (Å²) in [5, 5.41) is 5.19. The molecule has 0 aliphatic carbocycles. The summed E-state index contributed by atoms with van der Waals surface area (Å²) in [6.45, 7) is 2.40. The second-order valence-electron chi connectivity index (χ2n) is 5.13. The highest BCUT2D eigenvalue weighted by Gasteiger charge is 2.18. The van der Waals surface area contributed by atoms with Gasteiger partial charge in [-0.25, -0.2) is 9.48 Å². The highest BCUT2D eigenvalue weighted by Crippen LogP contribution is 2.16. The van der Waals surface area contributed by atoms with Gasteiger partial charge in [0.05, 0.1) is 5.39 Å². The van der Waals surface area contributed by atoms with E-state index in [1.54, 1.807) is 48.5 Å². The van der Waals surface area contributed by atoms with Crippen LogP contribution < -0.4 is 10.3 Å². The van der Waals surface area contributed by atoms with Crippen molar-refractivity contribution in [3.05, 3.63) is 70.6 Å². The minimum atomic E-state index is -0.572. The van der Waals surface area contributed by atoms with E-state index in [0.29, 0.717) is 23.1 Å². The van der Waals surface area contributed by atoms with Crippen LogP contribution in [-0.2, 0) is 6.54 Å². The van der Waals surface area contributed by atoms with Crippen molar-refractivity contribution in [1.29, 1.82) is 0 Å². The summed E-state index contributed by atoms with van der Waals surface area (Å²) < 4.78 is 6.69. The first-order valence-electron chi connectivity index (χ1n) is 7.48. The fraction of sp³-hybridized carbons (Fsp3) is 0.167. The average molecular weight is 308 g/mol. The molecule has 3 aromatic rings. The monoisotopic (exact) mass is 308 g/mol. The van der Waals surface area contributed by atoms with E-state index in [1.807, 2.05) is 13.0 Å². The third-order valence-corrected chi connectivity index (χ3v) is 3.45. The number of nitrogens with zero attached hydrogens (tertiary/aromatic N) is 2. The number of rotatable bonds is 4.